The highest BCUT2D eigenvalue weighted by atomic mass is 16.4. The van der Waals surface area contributed by atoms with Gasteiger partial charge in [-0.3, -0.25) is 24.5 Å². The molecule has 2 aliphatic heterocycles. The Labute approximate surface area is 239 Å². The van der Waals surface area contributed by atoms with Crippen LogP contribution in [0.15, 0.2) is 55.6 Å². The van der Waals surface area contributed by atoms with Gasteiger partial charge in [-0.25, -0.2) is 24.5 Å². The number of aliphatic hydroxyl groups excluding tert-OH is 4. The summed E-state index contributed by atoms with van der Waals surface area (Å²) >= 11 is 0. The summed E-state index contributed by atoms with van der Waals surface area (Å²) in [6.07, 6.45) is -4.68. The van der Waals surface area contributed by atoms with Crippen LogP contribution in [0.1, 0.15) is 11.1 Å². The Morgan fingerprint density at radius 1 is 0.791 bits per heavy atom. The molecule has 2 aromatic heterocycles. The Morgan fingerprint density at radius 2 is 1.47 bits per heavy atom. The van der Waals surface area contributed by atoms with Crippen molar-refractivity contribution in [2.75, 3.05) is 6.61 Å². The average molecular weight is 591 g/mol. The summed E-state index contributed by atoms with van der Waals surface area (Å²) in [5.74, 6) is -0.0516. The second-order valence-corrected chi connectivity index (χ2v) is 9.82. The lowest BCUT2D eigenvalue weighted by Gasteiger charge is -2.25. The van der Waals surface area contributed by atoms with Gasteiger partial charge in [-0.2, -0.15) is 4.98 Å². The van der Waals surface area contributed by atoms with Gasteiger partial charge in [0.2, 0.25) is 0 Å². The summed E-state index contributed by atoms with van der Waals surface area (Å²) in [6, 6.07) is 10.7. The van der Waals surface area contributed by atoms with Gasteiger partial charge in [-0.15, -0.1) is 0 Å². The van der Waals surface area contributed by atoms with E-state index in [4.69, 9.17) is 5.11 Å². The van der Waals surface area contributed by atoms with E-state index in [9.17, 15) is 34.5 Å². The predicted octanol–water partition coefficient (Wildman–Crippen LogP) is -1.56. The molecule has 0 saturated heterocycles. The lowest BCUT2D eigenvalue weighted by molar-refractivity contribution is -0.0802. The molecule has 3 atom stereocenters. The number of aromatic amines is 3. The lowest BCUT2D eigenvalue weighted by atomic mass is 10.1. The first-order chi connectivity index (χ1) is 20.5. The fraction of sp³-hybridized carbons (Fsp3) is 0.259. The van der Waals surface area contributed by atoms with E-state index in [2.05, 4.69) is 34.9 Å². The summed E-state index contributed by atoms with van der Waals surface area (Å²) in [4.78, 5) is 69.4. The highest BCUT2D eigenvalue weighted by Crippen LogP contribution is 2.24. The minimum atomic E-state index is -1.64. The number of aryl methyl sites for hydroxylation is 2. The fourth-order valence-corrected chi connectivity index (χ4v) is 4.44. The zero-order valence-corrected chi connectivity index (χ0v) is 22.8. The largest absolute Gasteiger partial charge is 0.394 e. The number of aromatic nitrogens is 8. The maximum absolute atomic E-state index is 12.2. The van der Waals surface area contributed by atoms with E-state index in [1.807, 2.05) is 26.0 Å². The second kappa shape index (κ2) is 11.6. The summed E-state index contributed by atoms with van der Waals surface area (Å²) in [5.41, 5.74) is 1.59. The number of hydrogen-bond acceptors (Lipinski definition) is 12. The maximum atomic E-state index is 12.2. The van der Waals surface area contributed by atoms with Gasteiger partial charge in [0.25, 0.3) is 11.1 Å². The van der Waals surface area contributed by atoms with Crippen molar-refractivity contribution in [3.63, 3.8) is 0 Å². The monoisotopic (exact) mass is 590 g/mol. The van der Waals surface area contributed by atoms with Crippen LogP contribution in [0.2, 0.25) is 0 Å². The van der Waals surface area contributed by atoms with Crippen LogP contribution in [-0.2, 0) is 6.54 Å². The summed E-state index contributed by atoms with van der Waals surface area (Å²) in [7, 11) is 0. The minimum absolute atomic E-state index is 0.0516. The topological polar surface area (TPSA) is 253 Å². The maximum Gasteiger partial charge on any atom is 0.349 e. The molecule has 0 fully saturated rings. The first-order valence-corrected chi connectivity index (χ1v) is 12.9. The van der Waals surface area contributed by atoms with Gasteiger partial charge in [0, 0.05) is 0 Å². The molecular formula is C27H26N8O8. The van der Waals surface area contributed by atoms with E-state index in [1.165, 1.54) is 4.57 Å². The van der Waals surface area contributed by atoms with Crippen molar-refractivity contribution in [3.05, 3.63) is 89.2 Å². The predicted molar refractivity (Wildman–Crippen MR) is 154 cm³/mol. The second-order valence-electron chi connectivity index (χ2n) is 9.82. The van der Waals surface area contributed by atoms with Crippen molar-refractivity contribution >= 4 is 33.2 Å². The lowest BCUT2D eigenvalue weighted by Crippen LogP contribution is -2.42. The van der Waals surface area contributed by atoms with E-state index >= 15 is 0 Å². The Morgan fingerprint density at radius 3 is 2.16 bits per heavy atom. The standard InChI is InChI=1S/C17H20N4O6.C10H6N4O2/c1-7-3-9-10(4-8(7)2)21(5-11(23)14(25)12(24)6-22)15-13(18-9)16(26)20-17(27)19-15;15-9-7-8(13-10(16)14-9)12-6-4-2-1-3-5(6)11-7/h3-4,11-12,14,22-25H,5-6H2,1-2H3,(H,20,26,27);1-4H,(H2,12,13,14,15,16)/t11-,12+,14-;/m0./s1. The molecule has 0 amide bonds. The molecular weight excluding hydrogens is 564 g/mol. The van der Waals surface area contributed by atoms with Gasteiger partial charge < -0.3 is 25.0 Å². The van der Waals surface area contributed by atoms with E-state index < -0.39 is 47.4 Å². The highest BCUT2D eigenvalue weighted by Gasteiger charge is 2.27. The number of benzene rings is 2. The number of H-pyrrole nitrogens is 3. The molecule has 0 spiro atoms. The third-order valence-electron chi connectivity index (χ3n) is 6.81. The molecule has 0 saturated carbocycles. The fourth-order valence-electron chi connectivity index (χ4n) is 4.44. The number of aliphatic hydroxyl groups is 4. The number of nitrogens with zero attached hydrogens (tertiary/aromatic N) is 5. The normalized spacial score (nSPS) is 13.6. The Kier molecular flexibility index (Phi) is 7.92. The molecule has 7 N–H and O–H groups in total. The molecule has 6 rings (SSSR count). The number of nitrogens with one attached hydrogen (secondary N) is 3. The molecule has 2 aromatic carbocycles. The van der Waals surface area contributed by atoms with E-state index in [0.29, 0.717) is 22.1 Å². The Bertz CT molecular complexity index is 2190. The van der Waals surface area contributed by atoms with Crippen molar-refractivity contribution in [1.29, 1.82) is 0 Å². The van der Waals surface area contributed by atoms with Crippen molar-refractivity contribution in [1.82, 2.24) is 39.5 Å². The van der Waals surface area contributed by atoms with Crippen LogP contribution in [0.3, 0.4) is 0 Å². The SMILES string of the molecule is Cc1cc2nc3c(=O)[nH]c(=O)nc-3n(C[C@H](O)[C@H](O)[C@H](O)CO)c2cc1C.O=c1[nH]c(=O)c2nc3ccccc3nc2[nH]1. The molecule has 4 heterocycles. The van der Waals surface area contributed by atoms with Gasteiger partial charge in [0.15, 0.2) is 22.7 Å². The van der Waals surface area contributed by atoms with Crippen molar-refractivity contribution in [2.24, 2.45) is 0 Å². The molecule has 0 bridgehead atoms. The van der Waals surface area contributed by atoms with Crippen molar-refractivity contribution in [2.45, 2.75) is 38.7 Å². The summed E-state index contributed by atoms with van der Waals surface area (Å²) in [6.45, 7) is 2.73. The number of para-hydroxylation sites is 2. The van der Waals surface area contributed by atoms with Gasteiger partial charge in [0.05, 0.1) is 35.2 Å². The van der Waals surface area contributed by atoms with Crippen LogP contribution in [-0.4, -0.2) is 84.8 Å². The molecule has 0 unspecified atom stereocenters. The Hall–Kier alpha value is -5.16. The first kappa shape index (κ1) is 29.3. The molecule has 16 nitrogen and oxygen atoms in total. The van der Waals surface area contributed by atoms with Crippen molar-refractivity contribution < 1.29 is 20.4 Å². The first-order valence-electron chi connectivity index (χ1n) is 12.9. The molecule has 4 aromatic rings. The number of fused-ring (bicyclic) bond motifs is 4. The number of rotatable bonds is 5. The van der Waals surface area contributed by atoms with Gasteiger partial charge >= 0.3 is 11.4 Å². The molecule has 2 aliphatic rings. The van der Waals surface area contributed by atoms with E-state index in [0.717, 1.165) is 11.1 Å². The quantitative estimate of drug-likeness (QED) is 0.113. The molecule has 43 heavy (non-hydrogen) atoms. The van der Waals surface area contributed by atoms with Crippen LogP contribution in [0.25, 0.3) is 44.7 Å². The average Bonchev–Trinajstić information content (AvgIpc) is 2.97. The van der Waals surface area contributed by atoms with Gasteiger partial charge in [-0.05, 0) is 49.2 Å². The Balaban J connectivity index is 0.000000194. The third-order valence-corrected chi connectivity index (χ3v) is 6.81. The molecule has 0 aliphatic carbocycles. The van der Waals surface area contributed by atoms with Crippen LogP contribution in [0.4, 0.5) is 0 Å². The summed E-state index contributed by atoms with van der Waals surface area (Å²) in [5, 5.41) is 38.8. The van der Waals surface area contributed by atoms with Gasteiger partial charge in [-0.1, -0.05) is 12.1 Å². The molecule has 222 valence electrons. The zero-order chi connectivity index (χ0) is 31.0. The van der Waals surface area contributed by atoms with Crippen LogP contribution in [0.5, 0.6) is 0 Å². The van der Waals surface area contributed by atoms with Crippen LogP contribution < -0.4 is 22.5 Å². The number of hydrogen-bond donors (Lipinski definition) is 7. The summed E-state index contributed by atoms with van der Waals surface area (Å²) < 4.78 is 1.40. The molecule has 16 heteroatoms. The zero-order valence-electron chi connectivity index (χ0n) is 22.8. The van der Waals surface area contributed by atoms with Crippen LogP contribution >= 0.6 is 0 Å². The molecule has 0 radical (unpaired) electrons. The smallest absolute Gasteiger partial charge is 0.349 e. The van der Waals surface area contributed by atoms with Crippen molar-refractivity contribution in [3.8, 4) is 11.5 Å². The van der Waals surface area contributed by atoms with E-state index in [1.54, 1.807) is 24.3 Å². The third kappa shape index (κ3) is 5.80. The van der Waals surface area contributed by atoms with Gasteiger partial charge in [0.1, 0.15) is 18.3 Å². The van der Waals surface area contributed by atoms with Crippen LogP contribution in [0, 0.1) is 13.8 Å². The minimum Gasteiger partial charge on any atom is -0.394 e. The highest BCUT2D eigenvalue weighted by molar-refractivity contribution is 5.83. The van der Waals surface area contributed by atoms with E-state index in [-0.39, 0.29) is 29.2 Å².